The minimum atomic E-state index is -0.412. The molecule has 7 nitrogen and oxygen atoms in total. The van der Waals surface area contributed by atoms with Gasteiger partial charge in [-0.1, -0.05) is 0 Å². The van der Waals surface area contributed by atoms with E-state index in [0.29, 0.717) is 13.0 Å². The third-order valence-electron chi connectivity index (χ3n) is 3.90. The van der Waals surface area contributed by atoms with E-state index < -0.39 is 6.04 Å². The summed E-state index contributed by atoms with van der Waals surface area (Å²) in [4.78, 5) is 26.0. The van der Waals surface area contributed by atoms with Crippen molar-refractivity contribution in [2.75, 3.05) is 18.0 Å². The number of amides is 2. The quantitative estimate of drug-likeness (QED) is 0.773. The first-order chi connectivity index (χ1) is 9.65. The Hall–Kier alpha value is -1.89. The fourth-order valence-electron chi connectivity index (χ4n) is 2.80. The Morgan fingerprint density at radius 2 is 2.35 bits per heavy atom. The van der Waals surface area contributed by atoms with Crippen molar-refractivity contribution in [1.82, 2.24) is 20.4 Å². The first-order valence-electron chi connectivity index (χ1n) is 6.99. The molecule has 2 unspecified atom stereocenters. The molecule has 0 saturated carbocycles. The van der Waals surface area contributed by atoms with Gasteiger partial charge in [0.25, 0.3) is 0 Å². The van der Waals surface area contributed by atoms with Gasteiger partial charge in [0.15, 0.2) is 0 Å². The van der Waals surface area contributed by atoms with Gasteiger partial charge in [-0.2, -0.15) is 5.10 Å². The SMILES string of the molecule is Cn1cc(N2CCC(NC(=O)C3CCCN3)C2=O)cn1. The number of nitrogens with zero attached hydrogens (tertiary/aromatic N) is 3. The molecule has 1 aromatic rings. The zero-order valence-electron chi connectivity index (χ0n) is 11.5. The molecule has 1 aromatic heterocycles. The van der Waals surface area contributed by atoms with Crippen LogP contribution in [0.2, 0.25) is 0 Å². The number of carbonyl (C=O) groups is 2. The van der Waals surface area contributed by atoms with Crippen molar-refractivity contribution in [3.8, 4) is 0 Å². The molecule has 2 fully saturated rings. The van der Waals surface area contributed by atoms with Crippen LogP contribution in [0.15, 0.2) is 12.4 Å². The molecule has 0 aromatic carbocycles. The summed E-state index contributed by atoms with van der Waals surface area (Å²) in [6.45, 7) is 1.49. The molecule has 3 rings (SSSR count). The molecular formula is C13H19N5O2. The summed E-state index contributed by atoms with van der Waals surface area (Å²) in [5, 5.41) is 10.1. The molecule has 2 saturated heterocycles. The summed E-state index contributed by atoms with van der Waals surface area (Å²) < 4.78 is 1.66. The Morgan fingerprint density at radius 3 is 3.00 bits per heavy atom. The highest BCUT2D eigenvalue weighted by molar-refractivity contribution is 6.01. The highest BCUT2D eigenvalue weighted by Gasteiger charge is 2.35. The fraction of sp³-hybridized carbons (Fsp3) is 0.615. The van der Waals surface area contributed by atoms with Crippen LogP contribution in [0.25, 0.3) is 0 Å². The second-order valence-corrected chi connectivity index (χ2v) is 5.36. The lowest BCUT2D eigenvalue weighted by Crippen LogP contribution is -2.48. The maximum absolute atomic E-state index is 12.3. The Balaban J connectivity index is 1.62. The van der Waals surface area contributed by atoms with Crippen LogP contribution in [0.4, 0.5) is 5.69 Å². The predicted molar refractivity (Wildman–Crippen MR) is 73.1 cm³/mol. The van der Waals surface area contributed by atoms with Crippen molar-refractivity contribution in [3.63, 3.8) is 0 Å². The number of aromatic nitrogens is 2. The van der Waals surface area contributed by atoms with E-state index in [9.17, 15) is 9.59 Å². The van der Waals surface area contributed by atoms with E-state index in [1.165, 1.54) is 0 Å². The maximum Gasteiger partial charge on any atom is 0.249 e. The second kappa shape index (κ2) is 5.24. The van der Waals surface area contributed by atoms with Crippen LogP contribution >= 0.6 is 0 Å². The number of nitrogens with one attached hydrogen (secondary N) is 2. The van der Waals surface area contributed by atoms with E-state index in [1.54, 1.807) is 22.0 Å². The summed E-state index contributed by atoms with van der Waals surface area (Å²) in [5.74, 6) is -0.113. The van der Waals surface area contributed by atoms with Crippen LogP contribution in [0.1, 0.15) is 19.3 Å². The fourth-order valence-corrected chi connectivity index (χ4v) is 2.80. The summed E-state index contributed by atoms with van der Waals surface area (Å²) in [7, 11) is 1.81. The number of hydrogen-bond acceptors (Lipinski definition) is 4. The van der Waals surface area contributed by atoms with Crippen LogP contribution in [-0.4, -0.2) is 46.8 Å². The van der Waals surface area contributed by atoms with Gasteiger partial charge in [-0.25, -0.2) is 0 Å². The molecule has 0 radical (unpaired) electrons. The Morgan fingerprint density at radius 1 is 1.50 bits per heavy atom. The molecule has 2 amide bonds. The lowest BCUT2D eigenvalue weighted by atomic mass is 10.2. The number of carbonyl (C=O) groups excluding carboxylic acids is 2. The average molecular weight is 277 g/mol. The van der Waals surface area contributed by atoms with Crippen LogP contribution in [-0.2, 0) is 16.6 Å². The van der Waals surface area contributed by atoms with Crippen LogP contribution in [0.5, 0.6) is 0 Å². The predicted octanol–water partition coefficient (Wildman–Crippen LogP) is -0.606. The number of hydrogen-bond donors (Lipinski definition) is 2. The highest BCUT2D eigenvalue weighted by Crippen LogP contribution is 2.20. The Bertz CT molecular complexity index is 521. The third-order valence-corrected chi connectivity index (χ3v) is 3.90. The number of aryl methyl sites for hydroxylation is 1. The molecule has 2 aliphatic rings. The molecule has 2 aliphatic heterocycles. The third kappa shape index (κ3) is 2.40. The molecule has 0 aliphatic carbocycles. The summed E-state index contributed by atoms with van der Waals surface area (Å²) in [5.41, 5.74) is 0.785. The van der Waals surface area contributed by atoms with E-state index in [2.05, 4.69) is 15.7 Å². The Labute approximate surface area is 117 Å². The second-order valence-electron chi connectivity index (χ2n) is 5.36. The van der Waals surface area contributed by atoms with Crippen LogP contribution < -0.4 is 15.5 Å². The molecule has 108 valence electrons. The zero-order valence-corrected chi connectivity index (χ0v) is 11.5. The lowest BCUT2D eigenvalue weighted by Gasteiger charge is -2.17. The van der Waals surface area contributed by atoms with Gasteiger partial charge >= 0.3 is 0 Å². The average Bonchev–Trinajstić information content (AvgIpc) is 3.12. The molecule has 0 spiro atoms. The lowest BCUT2D eigenvalue weighted by molar-refractivity contribution is -0.127. The highest BCUT2D eigenvalue weighted by atomic mass is 16.2. The van der Waals surface area contributed by atoms with Gasteiger partial charge in [-0.3, -0.25) is 14.3 Å². The number of anilines is 1. The van der Waals surface area contributed by atoms with Gasteiger partial charge in [-0.15, -0.1) is 0 Å². The van der Waals surface area contributed by atoms with Gasteiger partial charge in [-0.05, 0) is 25.8 Å². The first kappa shape index (κ1) is 13.1. The van der Waals surface area contributed by atoms with Crippen molar-refractivity contribution in [2.45, 2.75) is 31.3 Å². The molecule has 7 heteroatoms. The minimum absolute atomic E-state index is 0.0515. The minimum Gasteiger partial charge on any atom is -0.343 e. The van der Waals surface area contributed by atoms with Gasteiger partial charge in [0, 0.05) is 19.8 Å². The van der Waals surface area contributed by atoms with Gasteiger partial charge < -0.3 is 15.5 Å². The van der Waals surface area contributed by atoms with Gasteiger partial charge in [0.2, 0.25) is 11.8 Å². The number of rotatable bonds is 3. The standard InChI is InChI=1S/C13H19N5O2/c1-17-8-9(7-15-17)18-6-4-11(13(18)20)16-12(19)10-3-2-5-14-10/h7-8,10-11,14H,2-6H2,1H3,(H,16,19). The normalized spacial score (nSPS) is 26.2. The molecular weight excluding hydrogens is 258 g/mol. The zero-order chi connectivity index (χ0) is 14.1. The van der Waals surface area contributed by atoms with Crippen molar-refractivity contribution in [2.24, 2.45) is 7.05 Å². The molecule has 3 heterocycles. The molecule has 2 N–H and O–H groups in total. The van der Waals surface area contributed by atoms with E-state index in [1.807, 2.05) is 7.05 Å². The summed E-state index contributed by atoms with van der Waals surface area (Å²) in [6, 6.07) is -0.555. The van der Waals surface area contributed by atoms with Gasteiger partial charge in [0.05, 0.1) is 17.9 Å². The Kier molecular flexibility index (Phi) is 3.43. The first-order valence-corrected chi connectivity index (χ1v) is 6.99. The van der Waals surface area contributed by atoms with Gasteiger partial charge in [0.1, 0.15) is 6.04 Å². The van der Waals surface area contributed by atoms with E-state index in [-0.39, 0.29) is 17.9 Å². The smallest absolute Gasteiger partial charge is 0.249 e. The van der Waals surface area contributed by atoms with Crippen LogP contribution in [0.3, 0.4) is 0 Å². The van der Waals surface area contributed by atoms with Crippen LogP contribution in [0, 0.1) is 0 Å². The molecule has 2 atom stereocenters. The van der Waals surface area contributed by atoms with E-state index in [4.69, 9.17) is 0 Å². The van der Waals surface area contributed by atoms with E-state index >= 15 is 0 Å². The molecule has 20 heavy (non-hydrogen) atoms. The molecule has 0 bridgehead atoms. The topological polar surface area (TPSA) is 79.3 Å². The largest absolute Gasteiger partial charge is 0.343 e. The van der Waals surface area contributed by atoms with E-state index in [0.717, 1.165) is 25.1 Å². The van der Waals surface area contributed by atoms with Crippen molar-refractivity contribution in [1.29, 1.82) is 0 Å². The maximum atomic E-state index is 12.3. The summed E-state index contributed by atoms with van der Waals surface area (Å²) in [6.07, 6.45) is 5.98. The monoisotopic (exact) mass is 277 g/mol. The van der Waals surface area contributed by atoms with Crippen molar-refractivity contribution in [3.05, 3.63) is 12.4 Å². The van der Waals surface area contributed by atoms with Crippen molar-refractivity contribution >= 4 is 17.5 Å². The summed E-state index contributed by atoms with van der Waals surface area (Å²) >= 11 is 0. The van der Waals surface area contributed by atoms with Crippen molar-refractivity contribution < 1.29 is 9.59 Å².